The summed E-state index contributed by atoms with van der Waals surface area (Å²) in [4.78, 5) is 3.89. The Morgan fingerprint density at radius 1 is 1.25 bits per heavy atom. The third-order valence-corrected chi connectivity index (χ3v) is 4.33. The molecule has 0 unspecified atom stereocenters. The summed E-state index contributed by atoms with van der Waals surface area (Å²) in [6, 6.07) is 3.93. The highest BCUT2D eigenvalue weighted by molar-refractivity contribution is 6.30. The summed E-state index contributed by atoms with van der Waals surface area (Å²) in [6.45, 7) is 1.57. The molecule has 1 saturated heterocycles. The SMILES string of the molecule is COc1cc(Cl)c(F)cc1O[C@H](c1cncc(F)c1)[C@@H]1CCNC1. The van der Waals surface area contributed by atoms with Gasteiger partial charge in [-0.15, -0.1) is 0 Å². The summed E-state index contributed by atoms with van der Waals surface area (Å²) in [7, 11) is 1.45. The van der Waals surface area contributed by atoms with Crippen LogP contribution in [0.2, 0.25) is 5.02 Å². The Balaban J connectivity index is 1.96. The van der Waals surface area contributed by atoms with E-state index in [2.05, 4.69) is 10.3 Å². The zero-order valence-electron chi connectivity index (χ0n) is 13.1. The number of nitrogens with zero attached hydrogens (tertiary/aromatic N) is 1. The van der Waals surface area contributed by atoms with E-state index < -0.39 is 17.7 Å². The summed E-state index contributed by atoms with van der Waals surface area (Å²) >= 11 is 5.79. The summed E-state index contributed by atoms with van der Waals surface area (Å²) in [5.41, 5.74) is 0.598. The standard InChI is InChI=1S/C17H17ClF2N2O2/c1-23-15-5-13(18)14(20)6-16(15)24-17(10-2-3-21-7-10)11-4-12(19)9-22-8-11/h4-6,8-10,17,21H,2-3,7H2,1H3/t10-,17+/m1/s1. The third-order valence-electron chi connectivity index (χ3n) is 4.04. The van der Waals surface area contributed by atoms with Crippen molar-refractivity contribution in [3.05, 3.63) is 52.8 Å². The Labute approximate surface area is 143 Å². The van der Waals surface area contributed by atoms with Crippen LogP contribution in [0.3, 0.4) is 0 Å². The Morgan fingerprint density at radius 3 is 2.75 bits per heavy atom. The number of ether oxygens (including phenoxy) is 2. The topological polar surface area (TPSA) is 43.4 Å². The van der Waals surface area contributed by atoms with Crippen molar-refractivity contribution in [3.63, 3.8) is 0 Å². The molecule has 4 nitrogen and oxygen atoms in total. The van der Waals surface area contributed by atoms with Crippen LogP contribution >= 0.6 is 11.6 Å². The molecule has 24 heavy (non-hydrogen) atoms. The van der Waals surface area contributed by atoms with Gasteiger partial charge in [-0.3, -0.25) is 4.98 Å². The summed E-state index contributed by atoms with van der Waals surface area (Å²) < 4.78 is 38.7. The predicted molar refractivity (Wildman–Crippen MR) is 86.5 cm³/mol. The summed E-state index contributed by atoms with van der Waals surface area (Å²) in [5, 5.41) is 3.20. The van der Waals surface area contributed by atoms with Crippen LogP contribution in [-0.2, 0) is 0 Å². The first-order valence-electron chi connectivity index (χ1n) is 7.59. The Hall–Kier alpha value is -1.92. The molecule has 2 atom stereocenters. The van der Waals surface area contributed by atoms with E-state index in [4.69, 9.17) is 21.1 Å². The van der Waals surface area contributed by atoms with Crippen LogP contribution in [0.1, 0.15) is 18.1 Å². The van der Waals surface area contributed by atoms with Gasteiger partial charge in [0.2, 0.25) is 0 Å². The number of benzene rings is 1. The molecule has 0 saturated carbocycles. The van der Waals surface area contributed by atoms with Gasteiger partial charge in [0, 0.05) is 36.4 Å². The first-order chi connectivity index (χ1) is 11.6. The van der Waals surface area contributed by atoms with Crippen molar-refractivity contribution in [2.24, 2.45) is 5.92 Å². The van der Waals surface area contributed by atoms with E-state index in [0.717, 1.165) is 25.7 Å². The smallest absolute Gasteiger partial charge is 0.165 e. The fraction of sp³-hybridized carbons (Fsp3) is 0.353. The van der Waals surface area contributed by atoms with E-state index in [1.54, 1.807) is 6.20 Å². The minimum absolute atomic E-state index is 0.0503. The largest absolute Gasteiger partial charge is 0.493 e. The molecule has 1 aliphatic heterocycles. The molecule has 0 amide bonds. The van der Waals surface area contributed by atoms with Crippen molar-refractivity contribution in [1.82, 2.24) is 10.3 Å². The second-order valence-corrected chi connectivity index (χ2v) is 6.05. The first-order valence-corrected chi connectivity index (χ1v) is 7.97. The molecule has 0 aliphatic carbocycles. The zero-order valence-corrected chi connectivity index (χ0v) is 13.8. The molecule has 3 rings (SSSR count). The first kappa shape index (κ1) is 16.9. The maximum atomic E-state index is 13.8. The molecular weight excluding hydrogens is 338 g/mol. The number of rotatable bonds is 5. The van der Waals surface area contributed by atoms with E-state index in [-0.39, 0.29) is 16.7 Å². The van der Waals surface area contributed by atoms with Crippen molar-refractivity contribution in [3.8, 4) is 11.5 Å². The Morgan fingerprint density at radius 2 is 2.08 bits per heavy atom. The van der Waals surface area contributed by atoms with Gasteiger partial charge in [0.1, 0.15) is 17.7 Å². The van der Waals surface area contributed by atoms with Crippen LogP contribution in [0, 0.1) is 17.6 Å². The second kappa shape index (κ2) is 7.32. The van der Waals surface area contributed by atoms with Crippen LogP contribution in [0.15, 0.2) is 30.6 Å². The van der Waals surface area contributed by atoms with E-state index in [1.165, 1.54) is 25.3 Å². The molecule has 1 N–H and O–H groups in total. The number of halogens is 3. The molecule has 1 aliphatic rings. The van der Waals surface area contributed by atoms with Gasteiger partial charge in [0.15, 0.2) is 11.5 Å². The van der Waals surface area contributed by atoms with Gasteiger partial charge in [-0.25, -0.2) is 8.78 Å². The van der Waals surface area contributed by atoms with Gasteiger partial charge in [0.05, 0.1) is 18.3 Å². The van der Waals surface area contributed by atoms with Crippen molar-refractivity contribution < 1.29 is 18.3 Å². The van der Waals surface area contributed by atoms with E-state index >= 15 is 0 Å². The highest BCUT2D eigenvalue weighted by Gasteiger charge is 2.30. The number of pyridine rings is 1. The zero-order chi connectivity index (χ0) is 17.1. The van der Waals surface area contributed by atoms with Gasteiger partial charge in [-0.05, 0) is 19.0 Å². The van der Waals surface area contributed by atoms with Gasteiger partial charge in [-0.1, -0.05) is 11.6 Å². The molecule has 2 heterocycles. The van der Waals surface area contributed by atoms with Crippen LogP contribution in [0.25, 0.3) is 0 Å². The molecule has 1 aromatic heterocycles. The number of hydrogen-bond donors (Lipinski definition) is 1. The fourth-order valence-electron chi connectivity index (χ4n) is 2.85. The Kier molecular flexibility index (Phi) is 5.16. The Bertz CT molecular complexity index is 724. The van der Waals surface area contributed by atoms with Gasteiger partial charge >= 0.3 is 0 Å². The second-order valence-electron chi connectivity index (χ2n) is 5.64. The minimum Gasteiger partial charge on any atom is -0.493 e. The average molecular weight is 355 g/mol. The van der Waals surface area contributed by atoms with Crippen LogP contribution in [0.4, 0.5) is 8.78 Å². The van der Waals surface area contributed by atoms with E-state index in [1.807, 2.05) is 0 Å². The maximum absolute atomic E-state index is 13.8. The molecule has 128 valence electrons. The van der Waals surface area contributed by atoms with Crippen molar-refractivity contribution in [1.29, 1.82) is 0 Å². The van der Waals surface area contributed by atoms with Crippen LogP contribution in [-0.4, -0.2) is 25.2 Å². The molecule has 0 spiro atoms. The van der Waals surface area contributed by atoms with E-state index in [9.17, 15) is 8.78 Å². The lowest BCUT2D eigenvalue weighted by Crippen LogP contribution is -2.22. The highest BCUT2D eigenvalue weighted by atomic mass is 35.5. The van der Waals surface area contributed by atoms with Crippen molar-refractivity contribution >= 4 is 11.6 Å². The van der Waals surface area contributed by atoms with Gasteiger partial charge < -0.3 is 14.8 Å². The minimum atomic E-state index is -0.604. The van der Waals surface area contributed by atoms with Gasteiger partial charge in [0.25, 0.3) is 0 Å². The van der Waals surface area contributed by atoms with Crippen LogP contribution in [0.5, 0.6) is 11.5 Å². The van der Waals surface area contributed by atoms with Crippen molar-refractivity contribution in [2.75, 3.05) is 20.2 Å². The van der Waals surface area contributed by atoms with Gasteiger partial charge in [-0.2, -0.15) is 0 Å². The number of aromatic nitrogens is 1. The number of methoxy groups -OCH3 is 1. The number of hydrogen-bond acceptors (Lipinski definition) is 4. The normalized spacial score (nSPS) is 18.4. The van der Waals surface area contributed by atoms with Crippen LogP contribution < -0.4 is 14.8 Å². The lowest BCUT2D eigenvalue weighted by atomic mass is 9.95. The fourth-order valence-corrected chi connectivity index (χ4v) is 3.01. The predicted octanol–water partition coefficient (Wildman–Crippen LogP) is 3.75. The average Bonchev–Trinajstić information content (AvgIpc) is 3.09. The molecule has 0 bridgehead atoms. The summed E-state index contributed by atoms with van der Waals surface area (Å²) in [6.07, 6.45) is 3.08. The van der Waals surface area contributed by atoms with E-state index in [0.29, 0.717) is 11.3 Å². The molecular formula is C17H17ClF2N2O2. The number of nitrogens with one attached hydrogen (secondary N) is 1. The molecule has 1 aromatic carbocycles. The quantitative estimate of drug-likeness (QED) is 0.888. The highest BCUT2D eigenvalue weighted by Crippen LogP contribution is 2.38. The molecule has 2 aromatic rings. The lowest BCUT2D eigenvalue weighted by molar-refractivity contribution is 0.138. The molecule has 0 radical (unpaired) electrons. The lowest BCUT2D eigenvalue weighted by Gasteiger charge is -2.25. The maximum Gasteiger partial charge on any atom is 0.165 e. The van der Waals surface area contributed by atoms with Crippen molar-refractivity contribution in [2.45, 2.75) is 12.5 Å². The molecule has 1 fully saturated rings. The summed E-state index contributed by atoms with van der Waals surface area (Å²) in [5.74, 6) is -0.395. The molecule has 7 heteroatoms. The third kappa shape index (κ3) is 3.60. The monoisotopic (exact) mass is 354 g/mol.